The quantitative estimate of drug-likeness (QED) is 0.00408. The number of fused-ring (bicyclic) bond motifs is 6. The maximum atomic E-state index is 13.2. The van der Waals surface area contributed by atoms with Crippen LogP contribution in [0.3, 0.4) is 0 Å². The number of alkyl halides is 1. The van der Waals surface area contributed by atoms with Gasteiger partial charge in [0.05, 0.1) is 19.6 Å². The van der Waals surface area contributed by atoms with Gasteiger partial charge in [0.15, 0.2) is 12.8 Å². The third-order valence-electron chi connectivity index (χ3n) is 18.2. The van der Waals surface area contributed by atoms with Crippen molar-refractivity contribution in [2.45, 2.75) is 110 Å². The molecule has 0 spiro atoms. The normalized spacial score (nSPS) is 11.7. The Bertz CT molecular complexity index is 6680. The Morgan fingerprint density at radius 1 is 0.504 bits per heavy atom. The van der Waals surface area contributed by atoms with Gasteiger partial charge in [-0.1, -0.05) is 114 Å². The smallest absolute Gasteiger partial charge is 1.00 e. The molecule has 1 amide bonds. The Balaban J connectivity index is 0.000000258. The van der Waals surface area contributed by atoms with Gasteiger partial charge in [0.2, 0.25) is 5.91 Å². The van der Waals surface area contributed by atoms with Crippen LogP contribution in [0.25, 0.3) is 54.8 Å². The second-order valence-electron chi connectivity index (χ2n) is 27.6. The summed E-state index contributed by atoms with van der Waals surface area (Å²) < 4.78 is 69.7. The molecule has 1 radical (unpaired) electrons. The number of amides is 1. The molecule has 6 heterocycles. The van der Waals surface area contributed by atoms with E-state index in [-0.39, 0.29) is 105 Å². The van der Waals surface area contributed by atoms with Crippen molar-refractivity contribution in [1.82, 2.24) is 5.32 Å². The van der Waals surface area contributed by atoms with Gasteiger partial charge in [0.1, 0.15) is 75.9 Å². The Morgan fingerprint density at radius 2 is 0.863 bits per heavy atom. The molecule has 38 heteroatoms. The number of carbonyl (C=O) groups excluding carboxylic acids is 7. The van der Waals surface area contributed by atoms with Crippen molar-refractivity contribution in [1.29, 1.82) is 0 Å². The fourth-order valence-electron chi connectivity index (χ4n) is 12.3. The SMILES string of the molecule is C.CC(=O)Oc1cc2oc(=O)ccc2cc1C.CC(=O)Oc1cc2oc(=O)ccc2cc1CBr.CCOC(=O)C(Cc1cc2ccc(=O)oc2cc1OC(C)=O)(N=COCc1ccccc1)C(=O)OCC.O=C(Cc1ccccc1)NC1Cc2cc3ccc(=O)oc3cc2OC1=O.O=C(O)C(Cc1cc2ccc(=O)oc2cc1O)(N=COCc1ccccc1)C(=O)O.[B]=NS.[H-].[Na+]. The van der Waals surface area contributed by atoms with E-state index in [0.717, 1.165) is 74.5 Å². The molecule has 0 saturated heterocycles. The zero-order chi connectivity index (χ0) is 93.5. The van der Waals surface area contributed by atoms with Crippen molar-refractivity contribution in [3.63, 3.8) is 0 Å². The van der Waals surface area contributed by atoms with Crippen molar-refractivity contribution >= 4 is 158 Å². The Hall–Kier alpha value is -14.5. The van der Waals surface area contributed by atoms with Crippen LogP contribution in [-0.4, -0.2) is 120 Å². The number of carboxylic acid groups (broad SMARTS) is 2. The molecule has 673 valence electrons. The van der Waals surface area contributed by atoms with E-state index in [1.807, 2.05) is 79.7 Å². The summed E-state index contributed by atoms with van der Waals surface area (Å²) in [6.45, 7) is 8.99. The molecule has 8 aromatic carbocycles. The van der Waals surface area contributed by atoms with Crippen LogP contribution < -0.4 is 81.9 Å². The van der Waals surface area contributed by atoms with E-state index in [2.05, 4.69) is 56.0 Å². The van der Waals surface area contributed by atoms with E-state index in [1.165, 1.54) is 81.4 Å². The molecule has 1 aliphatic heterocycles. The predicted octanol–water partition coefficient (Wildman–Crippen LogP) is 10.1. The summed E-state index contributed by atoms with van der Waals surface area (Å²) in [6, 6.07) is 56.5. The largest absolute Gasteiger partial charge is 1.00 e. The van der Waals surface area contributed by atoms with Crippen LogP contribution in [0.1, 0.15) is 88.0 Å². The van der Waals surface area contributed by atoms with Gasteiger partial charge in [-0.15, -0.1) is 0 Å². The fourth-order valence-corrected chi connectivity index (χ4v) is 12.8. The second-order valence-corrected chi connectivity index (χ2v) is 28.4. The number of nitrogens with zero attached hydrogens (tertiary/aromatic N) is 3. The number of halogens is 1. The molecule has 5 aromatic heterocycles. The van der Waals surface area contributed by atoms with E-state index in [1.54, 1.807) is 80.6 Å². The maximum absolute atomic E-state index is 13.2. The molecule has 0 saturated carbocycles. The molecule has 1 unspecified atom stereocenters. The van der Waals surface area contributed by atoms with Crippen LogP contribution >= 0.6 is 28.7 Å². The maximum Gasteiger partial charge on any atom is 1.00 e. The summed E-state index contributed by atoms with van der Waals surface area (Å²) in [5.74, 6) is -6.93. The summed E-state index contributed by atoms with van der Waals surface area (Å²) >= 11 is 6.51. The van der Waals surface area contributed by atoms with Gasteiger partial charge in [-0.25, -0.2) is 57.9 Å². The summed E-state index contributed by atoms with van der Waals surface area (Å²) in [7, 11) is 4.34. The van der Waals surface area contributed by atoms with Crippen LogP contribution in [0, 0.1) is 6.92 Å². The number of hydrogen-bond acceptors (Lipinski definition) is 32. The molecule has 0 bridgehead atoms. The van der Waals surface area contributed by atoms with Crippen molar-refractivity contribution in [2.24, 2.45) is 14.3 Å². The number of aliphatic imine (C=N–C) groups is 2. The third kappa shape index (κ3) is 29.5. The number of carboxylic acids is 2. The van der Waals surface area contributed by atoms with Gasteiger partial charge in [0, 0.05) is 139 Å². The van der Waals surface area contributed by atoms with Crippen molar-refractivity contribution in [2.75, 3.05) is 13.2 Å². The topological polar surface area (TPSA) is 488 Å². The number of aryl methyl sites for hydroxylation is 1. The van der Waals surface area contributed by atoms with E-state index < -0.39 is 112 Å². The number of thiol groups is 1. The van der Waals surface area contributed by atoms with E-state index in [4.69, 9.17) is 60.0 Å². The third-order valence-corrected chi connectivity index (χ3v) is 18.8. The number of aromatic hydroxyl groups is 1. The minimum Gasteiger partial charge on any atom is -1.00 e. The molecular formula is C93H84BBrN4NaO30S. The summed E-state index contributed by atoms with van der Waals surface area (Å²) in [5, 5.41) is 35.9. The first-order valence-corrected chi connectivity index (χ1v) is 40.2. The molecule has 131 heavy (non-hydrogen) atoms. The van der Waals surface area contributed by atoms with Gasteiger partial charge in [0.25, 0.3) is 11.1 Å². The number of rotatable bonds is 25. The van der Waals surface area contributed by atoms with Crippen molar-refractivity contribution in [3.8, 4) is 28.7 Å². The number of carbonyl (C=O) groups is 9. The molecule has 1 atom stereocenters. The van der Waals surface area contributed by atoms with Crippen molar-refractivity contribution in [3.05, 3.63) is 309 Å². The Morgan fingerprint density at radius 3 is 1.28 bits per heavy atom. The first-order chi connectivity index (χ1) is 61.7. The minimum absolute atomic E-state index is 0. The summed E-state index contributed by atoms with van der Waals surface area (Å²) in [6.07, 6.45) is 1.25. The molecule has 14 rings (SSSR count). The first-order valence-electron chi connectivity index (χ1n) is 38.7. The molecular weight excluding hydrogens is 1800 g/mol. The summed E-state index contributed by atoms with van der Waals surface area (Å²) in [5.41, 5.74) is -0.815. The van der Waals surface area contributed by atoms with E-state index in [0.29, 0.717) is 56.5 Å². The first kappa shape index (κ1) is 104. The number of phenols is 1. The van der Waals surface area contributed by atoms with Gasteiger partial charge >= 0.3 is 130 Å². The van der Waals surface area contributed by atoms with Crippen LogP contribution in [-0.2, 0) is 106 Å². The molecule has 34 nitrogen and oxygen atoms in total. The Labute approximate surface area is 782 Å². The minimum atomic E-state index is -2.63. The average molecular weight is 1880 g/mol. The number of aliphatic carboxylic acids is 2. The molecule has 4 N–H and O–H groups in total. The number of esters is 6. The molecule has 0 aliphatic carbocycles. The van der Waals surface area contributed by atoms with Gasteiger partial charge in [-0.05, 0) is 120 Å². The monoisotopic (exact) mass is 1880 g/mol. The Kier molecular flexibility index (Phi) is 39.3. The van der Waals surface area contributed by atoms with Crippen molar-refractivity contribution < 1.29 is 149 Å². The summed E-state index contributed by atoms with van der Waals surface area (Å²) in [4.78, 5) is 173. The molecule has 0 fully saturated rings. The zero-order valence-electron chi connectivity index (χ0n) is 71.4. The van der Waals surface area contributed by atoms with Gasteiger partial charge < -0.3 is 82.0 Å². The number of benzene rings is 8. The zero-order valence-corrected chi connectivity index (χ0v) is 74.9. The van der Waals surface area contributed by atoms with Crippen LogP contribution in [0.15, 0.2) is 273 Å². The van der Waals surface area contributed by atoms with Gasteiger partial charge in [-0.2, -0.15) is 0 Å². The van der Waals surface area contributed by atoms with Crippen LogP contribution in [0.5, 0.6) is 28.7 Å². The van der Waals surface area contributed by atoms with Gasteiger partial charge in [-0.3, -0.25) is 19.2 Å². The second kappa shape index (κ2) is 49.7. The van der Waals surface area contributed by atoms with Crippen LogP contribution in [0.4, 0.5) is 0 Å². The number of ether oxygens (including phenoxy) is 8. The van der Waals surface area contributed by atoms with Crippen LogP contribution in [0.2, 0.25) is 0 Å². The standard InChI is InChI=1S/C27H27NO9.C21H17NO8.C20H15NO5.C12H9BrO4.C12H10O4.CH4.BHNS.Na.H/c1-4-34-25(31)27(26(32)35-5-2,28-17-33-16-19-9-7-6-8-10-19)15-21-13-20-11-12-24(30)37-22(20)14-23(21)36-18(3)29;23-16-9-17-14(6-7-18(24)30-17)8-15(16)10-21(19(25)26,20(27)28)22-12-29-11-13-4-2-1-3-5-13;22-18(8-12-4-2-1-3-5-12)21-15-10-14-9-13-6-7-19(23)25-16(13)11-17(14)26-20(15)24;1-7(14)16-11-5-10-8(4-9(11)6-13)2-3-12(15)17-10;1-7-5-9-3-4-12(14)16-11(9)6-10(7)15-8(2)13;;1-2-3;;/h6-14,17H,4-5,15-16H2,1-3H3;1-9,12,23H,10-11H2,(H,25,26)(H,27,28);1-7,9,11,15H,8,10H2,(H,21,22);2-5H,6H2,1H3;3-6H,1-2H3;1H4;3H;;/q;;;;;;;+1;-1. The number of hydrogen-bond donors (Lipinski definition) is 5. The number of nitrogens with one attached hydrogen (secondary N) is 1. The fraction of sp³-hybridized carbons (Fsp3) is 0.204. The predicted molar refractivity (Wildman–Crippen MR) is 483 cm³/mol. The van der Waals surface area contributed by atoms with E-state index >= 15 is 0 Å². The van der Waals surface area contributed by atoms with E-state index in [9.17, 15) is 82.4 Å². The molecule has 1 aliphatic rings. The number of phenolic OH excluding ortho intramolecular Hbond substituents is 1. The molecule has 13 aromatic rings. The average Bonchev–Trinajstić information content (AvgIpc) is 0.776.